The molecule has 9 heteroatoms. The lowest BCUT2D eigenvalue weighted by atomic mass is 10.2. The summed E-state index contributed by atoms with van der Waals surface area (Å²) < 4.78 is 4.99. The number of nitrogens with two attached hydrogens (primary N) is 1. The van der Waals surface area contributed by atoms with Crippen molar-refractivity contribution in [2.45, 2.75) is 32.4 Å². The summed E-state index contributed by atoms with van der Waals surface area (Å²) in [5.74, 6) is -0.973. The van der Waals surface area contributed by atoms with Crippen LogP contribution in [-0.2, 0) is 11.3 Å². The monoisotopic (exact) mass is 364 g/mol. The van der Waals surface area contributed by atoms with Gasteiger partial charge in [-0.3, -0.25) is 14.7 Å². The fraction of sp³-hybridized carbons (Fsp3) is 0.438. The Morgan fingerprint density at radius 3 is 2.88 bits per heavy atom. The van der Waals surface area contributed by atoms with Crippen molar-refractivity contribution in [3.05, 3.63) is 43.8 Å². The van der Waals surface area contributed by atoms with Crippen molar-refractivity contribution in [2.24, 2.45) is 5.73 Å². The van der Waals surface area contributed by atoms with Crippen molar-refractivity contribution < 1.29 is 14.3 Å². The normalized spacial score (nSPS) is 17.7. The molecule has 1 fully saturated rings. The van der Waals surface area contributed by atoms with Crippen molar-refractivity contribution in [1.82, 2.24) is 14.9 Å². The van der Waals surface area contributed by atoms with E-state index in [-0.39, 0.29) is 18.3 Å². The first-order chi connectivity index (χ1) is 12.0. The number of esters is 1. The number of likely N-dealkylation sites (tertiary alicyclic amines) is 1. The molecule has 1 aliphatic rings. The lowest BCUT2D eigenvalue weighted by Gasteiger charge is -2.23. The second-order valence-corrected chi connectivity index (χ2v) is 6.96. The number of hydrogen-bond acceptors (Lipinski definition) is 6. The van der Waals surface area contributed by atoms with Crippen molar-refractivity contribution in [2.75, 3.05) is 13.2 Å². The Bertz CT molecular complexity index is 837. The number of rotatable bonds is 6. The number of amides is 1. The van der Waals surface area contributed by atoms with Crippen molar-refractivity contribution in [3.8, 4) is 0 Å². The summed E-state index contributed by atoms with van der Waals surface area (Å²) in [5, 5.41) is 0. The zero-order chi connectivity index (χ0) is 18.0. The van der Waals surface area contributed by atoms with Crippen LogP contribution in [0.1, 0.15) is 56.5 Å². The van der Waals surface area contributed by atoms with Gasteiger partial charge in [0.2, 0.25) is 0 Å². The van der Waals surface area contributed by atoms with Crippen LogP contribution in [0.25, 0.3) is 0 Å². The van der Waals surface area contributed by atoms with Crippen molar-refractivity contribution >= 4 is 23.2 Å². The highest BCUT2D eigenvalue weighted by molar-refractivity contribution is 7.14. The van der Waals surface area contributed by atoms with Crippen LogP contribution >= 0.6 is 11.3 Å². The molecule has 25 heavy (non-hydrogen) atoms. The van der Waals surface area contributed by atoms with Gasteiger partial charge in [0.25, 0.3) is 5.91 Å². The molecule has 2 aromatic rings. The standard InChI is InChI=1S/C16H20N4O4S/c1-2-24-15(22)13-9(18-16(23)19-13)8-20-7-3-4-10(20)11-5-6-12(25-11)14(17)21/h5-6,10H,2-4,7-8H2,1H3,(H2,17,21)(H2,18,19,23). The number of aromatic amines is 2. The molecule has 3 heterocycles. The third-order valence-electron chi connectivity index (χ3n) is 4.21. The maximum Gasteiger partial charge on any atom is 0.356 e. The van der Waals surface area contributed by atoms with Gasteiger partial charge < -0.3 is 15.5 Å². The van der Waals surface area contributed by atoms with Crippen molar-refractivity contribution in [3.63, 3.8) is 0 Å². The second-order valence-electron chi connectivity index (χ2n) is 5.85. The second kappa shape index (κ2) is 7.24. The minimum absolute atomic E-state index is 0.131. The van der Waals surface area contributed by atoms with E-state index in [0.29, 0.717) is 17.1 Å². The predicted molar refractivity (Wildman–Crippen MR) is 92.6 cm³/mol. The first kappa shape index (κ1) is 17.4. The Morgan fingerprint density at radius 1 is 1.40 bits per heavy atom. The largest absolute Gasteiger partial charge is 0.461 e. The summed E-state index contributed by atoms with van der Waals surface area (Å²) in [7, 11) is 0. The van der Waals surface area contributed by atoms with E-state index in [1.54, 1.807) is 13.0 Å². The Kier molecular flexibility index (Phi) is 5.05. The van der Waals surface area contributed by atoms with Crippen LogP contribution in [0.5, 0.6) is 0 Å². The van der Waals surface area contributed by atoms with Crippen LogP contribution < -0.4 is 11.4 Å². The maximum absolute atomic E-state index is 12.0. The first-order valence-electron chi connectivity index (χ1n) is 8.11. The highest BCUT2D eigenvalue weighted by Crippen LogP contribution is 2.36. The molecule has 4 N–H and O–H groups in total. The number of ether oxygens (including phenoxy) is 1. The molecule has 3 rings (SSSR count). The fourth-order valence-electron chi connectivity index (χ4n) is 3.12. The third-order valence-corrected chi connectivity index (χ3v) is 5.41. The van der Waals surface area contributed by atoms with Crippen LogP contribution in [0.2, 0.25) is 0 Å². The SMILES string of the molecule is CCOC(=O)c1[nH]c(=O)[nH]c1CN1CCCC1c1ccc(C(N)=O)s1. The van der Waals surface area contributed by atoms with Gasteiger partial charge in [0.15, 0.2) is 0 Å². The lowest BCUT2D eigenvalue weighted by molar-refractivity contribution is 0.0517. The van der Waals surface area contributed by atoms with Gasteiger partial charge in [-0.25, -0.2) is 9.59 Å². The van der Waals surface area contributed by atoms with Crippen LogP contribution in [0.4, 0.5) is 0 Å². The number of nitrogens with zero attached hydrogens (tertiary/aromatic N) is 1. The van der Waals surface area contributed by atoms with Gasteiger partial charge in [0, 0.05) is 17.5 Å². The number of thiophene rings is 1. The molecule has 0 radical (unpaired) electrons. The summed E-state index contributed by atoms with van der Waals surface area (Å²) in [5.41, 5.74) is 5.59. The Hall–Kier alpha value is -2.39. The molecule has 0 saturated carbocycles. The number of H-pyrrole nitrogens is 2. The lowest BCUT2D eigenvalue weighted by Crippen LogP contribution is -2.24. The van der Waals surface area contributed by atoms with E-state index in [1.165, 1.54) is 11.3 Å². The van der Waals surface area contributed by atoms with Gasteiger partial charge in [0.05, 0.1) is 17.2 Å². The molecule has 1 unspecified atom stereocenters. The molecule has 0 bridgehead atoms. The number of primary amides is 1. The summed E-state index contributed by atoms with van der Waals surface area (Å²) in [6, 6.07) is 3.78. The summed E-state index contributed by atoms with van der Waals surface area (Å²) in [4.78, 5) is 43.9. The molecule has 2 aromatic heterocycles. The Labute approximate surface area is 148 Å². The molecule has 0 aliphatic carbocycles. The van der Waals surface area contributed by atoms with E-state index >= 15 is 0 Å². The smallest absolute Gasteiger partial charge is 0.356 e. The average Bonchev–Trinajstić information content (AvgIpc) is 3.27. The van der Waals surface area contributed by atoms with E-state index < -0.39 is 17.6 Å². The molecular weight excluding hydrogens is 344 g/mol. The molecule has 134 valence electrons. The van der Waals surface area contributed by atoms with E-state index in [4.69, 9.17) is 10.5 Å². The topological polar surface area (TPSA) is 121 Å². The molecule has 0 aromatic carbocycles. The average molecular weight is 364 g/mol. The quantitative estimate of drug-likeness (QED) is 0.669. The van der Waals surface area contributed by atoms with Gasteiger partial charge in [-0.15, -0.1) is 11.3 Å². The number of carbonyl (C=O) groups excluding carboxylic acids is 2. The minimum Gasteiger partial charge on any atom is -0.461 e. The van der Waals surface area contributed by atoms with Crippen molar-refractivity contribution in [1.29, 1.82) is 0 Å². The molecule has 0 spiro atoms. The third kappa shape index (κ3) is 3.67. The Morgan fingerprint density at radius 2 is 2.20 bits per heavy atom. The molecular formula is C16H20N4O4S. The van der Waals surface area contributed by atoms with Gasteiger partial charge >= 0.3 is 11.7 Å². The van der Waals surface area contributed by atoms with E-state index in [0.717, 1.165) is 24.3 Å². The number of nitrogens with one attached hydrogen (secondary N) is 2. The first-order valence-corrected chi connectivity index (χ1v) is 8.93. The van der Waals surface area contributed by atoms with Crippen LogP contribution in [-0.4, -0.2) is 39.9 Å². The highest BCUT2D eigenvalue weighted by Gasteiger charge is 2.29. The van der Waals surface area contributed by atoms with Gasteiger partial charge in [0.1, 0.15) is 5.69 Å². The van der Waals surface area contributed by atoms with Gasteiger partial charge in [-0.2, -0.15) is 0 Å². The molecule has 1 atom stereocenters. The molecule has 1 aliphatic heterocycles. The molecule has 1 saturated heterocycles. The summed E-state index contributed by atoms with van der Waals surface area (Å²) in [6.45, 7) is 3.21. The van der Waals surface area contributed by atoms with Crippen LogP contribution in [0.3, 0.4) is 0 Å². The van der Waals surface area contributed by atoms with Gasteiger partial charge in [-0.05, 0) is 38.4 Å². The number of imidazole rings is 1. The molecule has 1 amide bonds. The van der Waals surface area contributed by atoms with Gasteiger partial charge in [-0.1, -0.05) is 0 Å². The minimum atomic E-state index is -0.543. The predicted octanol–water partition coefficient (Wildman–Crippen LogP) is 1.38. The number of aromatic nitrogens is 2. The van der Waals surface area contributed by atoms with E-state index in [9.17, 15) is 14.4 Å². The maximum atomic E-state index is 12.0. The molecule has 8 nitrogen and oxygen atoms in total. The Balaban J connectivity index is 1.81. The highest BCUT2D eigenvalue weighted by atomic mass is 32.1. The van der Waals surface area contributed by atoms with Crippen LogP contribution in [0, 0.1) is 0 Å². The zero-order valence-electron chi connectivity index (χ0n) is 13.8. The fourth-order valence-corrected chi connectivity index (χ4v) is 4.15. The summed E-state index contributed by atoms with van der Waals surface area (Å²) in [6.07, 6.45) is 1.94. The van der Waals surface area contributed by atoms with E-state index in [1.807, 2.05) is 6.07 Å². The summed E-state index contributed by atoms with van der Waals surface area (Å²) >= 11 is 1.39. The van der Waals surface area contributed by atoms with Crippen LogP contribution in [0.15, 0.2) is 16.9 Å². The number of carbonyl (C=O) groups is 2. The van der Waals surface area contributed by atoms with E-state index in [2.05, 4.69) is 14.9 Å². The zero-order valence-corrected chi connectivity index (χ0v) is 14.6. The number of hydrogen-bond donors (Lipinski definition) is 3.